The van der Waals surface area contributed by atoms with Gasteiger partial charge in [0.05, 0.1) is 5.56 Å². The van der Waals surface area contributed by atoms with Gasteiger partial charge in [-0.15, -0.1) is 0 Å². The van der Waals surface area contributed by atoms with E-state index >= 15 is 0 Å². The molecule has 1 aromatic heterocycles. The van der Waals surface area contributed by atoms with Gasteiger partial charge in [-0.2, -0.15) is 0 Å². The van der Waals surface area contributed by atoms with Gasteiger partial charge in [0, 0.05) is 10.0 Å². The van der Waals surface area contributed by atoms with E-state index in [0.717, 1.165) is 15.6 Å². The van der Waals surface area contributed by atoms with Crippen LogP contribution in [0.25, 0.3) is 22.5 Å². The normalized spacial score (nSPS) is 10.8. The number of benzene rings is 2. The Kier molecular flexibility index (Phi) is 3.51. The third kappa shape index (κ3) is 2.56. The highest BCUT2D eigenvalue weighted by Crippen LogP contribution is 2.39. The molecule has 1 heterocycles. The summed E-state index contributed by atoms with van der Waals surface area (Å²) in [7, 11) is 0. The van der Waals surface area contributed by atoms with Crippen molar-refractivity contribution >= 4 is 21.7 Å². The van der Waals surface area contributed by atoms with Crippen molar-refractivity contribution in [2.24, 2.45) is 0 Å². The molecule has 0 bridgehead atoms. The summed E-state index contributed by atoms with van der Waals surface area (Å²) >= 11 is 3.51. The highest BCUT2D eigenvalue weighted by Gasteiger charge is 2.19. The zero-order valence-corrected chi connectivity index (χ0v) is 12.8. The fourth-order valence-corrected chi connectivity index (χ4v) is 2.89. The summed E-state index contributed by atoms with van der Waals surface area (Å²) in [6, 6.07) is 12.1. The van der Waals surface area contributed by atoms with Gasteiger partial charge in [0.15, 0.2) is 11.6 Å². The van der Waals surface area contributed by atoms with E-state index in [1.165, 1.54) is 12.1 Å². The third-order valence-corrected chi connectivity index (χ3v) is 3.86. The number of nitrogens with two attached hydrogens (primary N) is 1. The lowest BCUT2D eigenvalue weighted by Gasteiger charge is -2.06. The van der Waals surface area contributed by atoms with E-state index < -0.39 is 0 Å². The second-order valence-electron chi connectivity index (χ2n) is 4.77. The number of halogens is 2. The maximum absolute atomic E-state index is 13.5. The zero-order valence-electron chi connectivity index (χ0n) is 11.2. The van der Waals surface area contributed by atoms with Crippen LogP contribution in [0, 0.1) is 12.7 Å². The van der Waals surface area contributed by atoms with Crippen molar-refractivity contribution in [3.05, 3.63) is 58.3 Å². The molecule has 0 aliphatic heterocycles. The Morgan fingerprint density at radius 3 is 2.71 bits per heavy atom. The number of hydrogen-bond acceptors (Lipinski definition) is 3. The Hall–Kier alpha value is -2.14. The molecule has 2 N–H and O–H groups in total. The average molecular weight is 347 g/mol. The lowest BCUT2D eigenvalue weighted by atomic mass is 10.0. The molecule has 0 amide bonds. The second-order valence-corrected chi connectivity index (χ2v) is 5.62. The molecular formula is C16H12BrFN2O. The van der Waals surface area contributed by atoms with Crippen LogP contribution in [0.2, 0.25) is 0 Å². The van der Waals surface area contributed by atoms with Crippen LogP contribution in [-0.2, 0) is 0 Å². The molecule has 0 saturated heterocycles. The molecule has 0 unspecified atom stereocenters. The maximum atomic E-state index is 13.5. The molecule has 0 radical (unpaired) electrons. The van der Waals surface area contributed by atoms with E-state index in [2.05, 4.69) is 21.1 Å². The molecule has 0 spiro atoms. The molecule has 106 valence electrons. The summed E-state index contributed by atoms with van der Waals surface area (Å²) in [5, 5.41) is 3.82. The van der Waals surface area contributed by atoms with Gasteiger partial charge >= 0.3 is 0 Å². The highest BCUT2D eigenvalue weighted by molar-refractivity contribution is 9.10. The average Bonchev–Trinajstić information content (AvgIpc) is 2.80. The first-order chi connectivity index (χ1) is 10.1. The van der Waals surface area contributed by atoms with E-state index in [9.17, 15) is 4.39 Å². The van der Waals surface area contributed by atoms with Crippen molar-refractivity contribution in [1.29, 1.82) is 0 Å². The van der Waals surface area contributed by atoms with Crippen LogP contribution in [0.5, 0.6) is 0 Å². The van der Waals surface area contributed by atoms with E-state index in [0.29, 0.717) is 16.9 Å². The van der Waals surface area contributed by atoms with Crippen LogP contribution in [0.15, 0.2) is 51.5 Å². The van der Waals surface area contributed by atoms with Gasteiger partial charge in [-0.3, -0.25) is 0 Å². The number of aryl methyl sites for hydroxylation is 1. The Balaban J connectivity index is 2.22. The van der Waals surface area contributed by atoms with Crippen LogP contribution in [-0.4, -0.2) is 5.16 Å². The maximum Gasteiger partial charge on any atom is 0.178 e. The van der Waals surface area contributed by atoms with Crippen LogP contribution >= 0.6 is 15.9 Å². The number of nitrogen functional groups attached to an aromatic ring is 1. The highest BCUT2D eigenvalue weighted by atomic mass is 79.9. The van der Waals surface area contributed by atoms with Gasteiger partial charge in [-0.25, -0.2) is 4.39 Å². The molecule has 5 heteroatoms. The molecule has 0 aliphatic rings. The fourth-order valence-electron chi connectivity index (χ4n) is 2.21. The predicted octanol–water partition coefficient (Wildman–Crippen LogP) is 4.80. The molecule has 0 fully saturated rings. The summed E-state index contributed by atoms with van der Waals surface area (Å²) < 4.78 is 19.7. The Morgan fingerprint density at radius 2 is 2.00 bits per heavy atom. The molecule has 0 saturated carbocycles. The van der Waals surface area contributed by atoms with Crippen LogP contribution in [0.4, 0.5) is 10.2 Å². The standard InChI is InChI=1S/C16H12BrFN2O/c1-9-5-6-12(13(17)7-9)15-14(16(19)20-21-15)10-3-2-4-11(18)8-10/h2-8H,1H3,(H2,19,20). The van der Waals surface area contributed by atoms with Crippen LogP contribution in [0.1, 0.15) is 5.56 Å². The predicted molar refractivity (Wildman–Crippen MR) is 84.2 cm³/mol. The minimum atomic E-state index is -0.331. The van der Waals surface area contributed by atoms with E-state index in [1.807, 2.05) is 25.1 Å². The first-order valence-electron chi connectivity index (χ1n) is 6.34. The van der Waals surface area contributed by atoms with E-state index in [1.54, 1.807) is 12.1 Å². The molecule has 21 heavy (non-hydrogen) atoms. The summed E-state index contributed by atoms with van der Waals surface area (Å²) in [6.45, 7) is 2.00. The summed E-state index contributed by atoms with van der Waals surface area (Å²) in [4.78, 5) is 0. The Bertz CT molecular complexity index is 814. The number of hydrogen-bond donors (Lipinski definition) is 1. The van der Waals surface area contributed by atoms with Gasteiger partial charge < -0.3 is 10.3 Å². The molecule has 3 nitrogen and oxygen atoms in total. The third-order valence-electron chi connectivity index (χ3n) is 3.20. The molecule has 3 aromatic rings. The largest absolute Gasteiger partial charge is 0.380 e. The summed E-state index contributed by atoms with van der Waals surface area (Å²) in [6.07, 6.45) is 0. The Morgan fingerprint density at radius 1 is 1.19 bits per heavy atom. The smallest absolute Gasteiger partial charge is 0.178 e. The van der Waals surface area contributed by atoms with E-state index in [-0.39, 0.29) is 11.6 Å². The molecule has 0 atom stereocenters. The van der Waals surface area contributed by atoms with Crippen LogP contribution < -0.4 is 5.73 Å². The SMILES string of the molecule is Cc1ccc(-c2onc(N)c2-c2cccc(F)c2)c(Br)c1. The first-order valence-corrected chi connectivity index (χ1v) is 7.13. The quantitative estimate of drug-likeness (QED) is 0.724. The molecular weight excluding hydrogens is 335 g/mol. The van der Waals surface area contributed by atoms with Gasteiger partial charge in [-0.05, 0) is 42.3 Å². The second kappa shape index (κ2) is 5.33. The van der Waals surface area contributed by atoms with Crippen molar-refractivity contribution in [2.75, 3.05) is 5.73 Å². The summed E-state index contributed by atoms with van der Waals surface area (Å²) in [5.74, 6) is 0.426. The molecule has 2 aromatic carbocycles. The molecule has 0 aliphatic carbocycles. The number of anilines is 1. The Labute approximate surface area is 129 Å². The number of nitrogens with zero attached hydrogens (tertiary/aromatic N) is 1. The topological polar surface area (TPSA) is 52.0 Å². The van der Waals surface area contributed by atoms with Crippen molar-refractivity contribution in [3.8, 4) is 22.5 Å². The van der Waals surface area contributed by atoms with Gasteiger partial charge in [0.25, 0.3) is 0 Å². The van der Waals surface area contributed by atoms with Crippen molar-refractivity contribution in [3.63, 3.8) is 0 Å². The lowest BCUT2D eigenvalue weighted by Crippen LogP contribution is -1.90. The minimum Gasteiger partial charge on any atom is -0.380 e. The minimum absolute atomic E-state index is 0.239. The van der Waals surface area contributed by atoms with Gasteiger partial charge in [0.2, 0.25) is 0 Å². The van der Waals surface area contributed by atoms with Gasteiger partial charge in [0.1, 0.15) is 5.82 Å². The monoisotopic (exact) mass is 346 g/mol. The van der Waals surface area contributed by atoms with Crippen molar-refractivity contribution in [1.82, 2.24) is 5.16 Å². The van der Waals surface area contributed by atoms with E-state index in [4.69, 9.17) is 10.3 Å². The number of rotatable bonds is 2. The first kappa shape index (κ1) is 13.8. The van der Waals surface area contributed by atoms with Gasteiger partial charge in [-0.1, -0.05) is 39.3 Å². The van der Waals surface area contributed by atoms with Crippen molar-refractivity contribution in [2.45, 2.75) is 6.92 Å². The zero-order chi connectivity index (χ0) is 15.0. The lowest BCUT2D eigenvalue weighted by molar-refractivity contribution is 0.436. The van der Waals surface area contributed by atoms with Crippen LogP contribution in [0.3, 0.4) is 0 Å². The number of aromatic nitrogens is 1. The summed E-state index contributed by atoms with van der Waals surface area (Å²) in [5.41, 5.74) is 9.07. The van der Waals surface area contributed by atoms with Crippen molar-refractivity contribution < 1.29 is 8.91 Å². The fraction of sp³-hybridized carbons (Fsp3) is 0.0625. The molecule has 3 rings (SSSR count).